The van der Waals surface area contributed by atoms with E-state index in [-0.39, 0.29) is 67.4 Å². The maximum absolute atomic E-state index is 12.3. The van der Waals surface area contributed by atoms with Crippen LogP contribution in [0.15, 0.2) is 63.3 Å². The van der Waals surface area contributed by atoms with Crippen molar-refractivity contribution in [2.75, 3.05) is 0 Å². The second-order valence-corrected chi connectivity index (χ2v) is 9.37. The van der Waals surface area contributed by atoms with Gasteiger partial charge < -0.3 is 24.8 Å². The molecule has 0 fully saturated rings. The first-order chi connectivity index (χ1) is 17.9. The summed E-state index contributed by atoms with van der Waals surface area (Å²) in [6.45, 7) is 7.22. The van der Waals surface area contributed by atoms with Crippen molar-refractivity contribution in [1.29, 1.82) is 0 Å². The third kappa shape index (κ3) is 4.64. The molecule has 8 heteroatoms. The van der Waals surface area contributed by atoms with Crippen molar-refractivity contribution in [3.8, 4) is 23.0 Å². The predicted molar refractivity (Wildman–Crippen MR) is 142 cm³/mol. The number of carbonyl (C=O) groups is 2. The first-order valence-corrected chi connectivity index (χ1v) is 11.8. The fourth-order valence-electron chi connectivity index (χ4n) is 4.38. The van der Waals surface area contributed by atoms with Crippen LogP contribution in [-0.2, 0) is 6.42 Å². The van der Waals surface area contributed by atoms with Crippen LogP contribution in [-0.4, -0.2) is 32.0 Å². The van der Waals surface area contributed by atoms with E-state index in [9.17, 15) is 34.8 Å². The van der Waals surface area contributed by atoms with E-state index in [2.05, 4.69) is 0 Å². The van der Waals surface area contributed by atoms with E-state index in [0.29, 0.717) is 23.3 Å². The number of phenols is 4. The lowest BCUT2D eigenvalue weighted by atomic mass is 9.82. The van der Waals surface area contributed by atoms with Crippen LogP contribution in [0.4, 0.5) is 0 Å². The Balaban J connectivity index is 0.000000177. The molecule has 4 N–H and O–H groups in total. The minimum absolute atomic E-state index is 0.0374. The van der Waals surface area contributed by atoms with Gasteiger partial charge in [0.1, 0.15) is 39.7 Å². The average Bonchev–Trinajstić information content (AvgIpc) is 2.81. The van der Waals surface area contributed by atoms with Gasteiger partial charge in [-0.1, -0.05) is 23.8 Å². The topological polar surface area (TPSA) is 145 Å². The molecule has 0 saturated carbocycles. The molecule has 8 nitrogen and oxygen atoms in total. The monoisotopic (exact) mass is 514 g/mol. The standard InChI is InChI=1S/C15H10O4.C15H16O4/c1-7-5-9-13(11(17)6-7)15(19)12-8(14(9)18)3-2-4-10(12)16;1-8(2)4-5-10-11(16)7-13-14(15(10)18)12(17)6-9(3)19-13/h2-6,16-17H,1H3;4,6-7,16,18H,5H2,1-3H3. The van der Waals surface area contributed by atoms with Crippen molar-refractivity contribution in [3.05, 3.63) is 103 Å². The van der Waals surface area contributed by atoms with Gasteiger partial charge in [-0.15, -0.1) is 0 Å². The van der Waals surface area contributed by atoms with Crippen molar-refractivity contribution in [1.82, 2.24) is 0 Å². The van der Waals surface area contributed by atoms with E-state index in [1.54, 1.807) is 19.9 Å². The number of benzene rings is 3. The zero-order valence-electron chi connectivity index (χ0n) is 21.2. The van der Waals surface area contributed by atoms with Gasteiger partial charge in [0.25, 0.3) is 0 Å². The zero-order chi connectivity index (χ0) is 27.9. The molecule has 0 unspecified atom stereocenters. The number of aromatic hydroxyl groups is 4. The largest absolute Gasteiger partial charge is 0.507 e. The van der Waals surface area contributed by atoms with E-state index in [4.69, 9.17) is 4.42 Å². The summed E-state index contributed by atoms with van der Waals surface area (Å²) in [4.78, 5) is 36.6. The summed E-state index contributed by atoms with van der Waals surface area (Å²) >= 11 is 0. The van der Waals surface area contributed by atoms with Gasteiger partial charge in [0.05, 0.1) is 11.1 Å². The second-order valence-electron chi connectivity index (χ2n) is 9.37. The molecule has 0 bridgehead atoms. The van der Waals surface area contributed by atoms with Gasteiger partial charge in [-0.05, 0) is 57.9 Å². The molecule has 1 heterocycles. The Morgan fingerprint density at radius 2 is 1.50 bits per heavy atom. The van der Waals surface area contributed by atoms with Crippen molar-refractivity contribution >= 4 is 22.5 Å². The van der Waals surface area contributed by atoms with Crippen LogP contribution in [0.2, 0.25) is 0 Å². The van der Waals surface area contributed by atoms with Crippen LogP contribution in [0, 0.1) is 13.8 Å². The quantitative estimate of drug-likeness (QED) is 0.235. The highest BCUT2D eigenvalue weighted by Crippen LogP contribution is 2.37. The molecule has 0 spiro atoms. The third-order valence-electron chi connectivity index (χ3n) is 6.16. The number of allylic oxidation sites excluding steroid dienone is 2. The molecule has 0 aliphatic heterocycles. The van der Waals surface area contributed by atoms with Crippen LogP contribution in [0.25, 0.3) is 11.0 Å². The Kier molecular flexibility index (Phi) is 6.83. The van der Waals surface area contributed by atoms with Gasteiger partial charge in [0.15, 0.2) is 11.2 Å². The third-order valence-corrected chi connectivity index (χ3v) is 6.16. The van der Waals surface area contributed by atoms with Gasteiger partial charge >= 0.3 is 0 Å². The summed E-state index contributed by atoms with van der Waals surface area (Å²) < 4.78 is 5.35. The molecule has 194 valence electrons. The Bertz CT molecular complexity index is 1720. The van der Waals surface area contributed by atoms with E-state index in [1.165, 1.54) is 36.4 Å². The van der Waals surface area contributed by atoms with Gasteiger partial charge in [-0.25, -0.2) is 0 Å². The van der Waals surface area contributed by atoms with E-state index in [1.807, 2.05) is 19.9 Å². The lowest BCUT2D eigenvalue weighted by Crippen LogP contribution is -2.21. The number of hydrogen-bond donors (Lipinski definition) is 4. The molecular formula is C30H26O8. The molecule has 1 aromatic heterocycles. The van der Waals surface area contributed by atoms with E-state index in [0.717, 1.165) is 5.57 Å². The first kappa shape index (κ1) is 26.2. The highest BCUT2D eigenvalue weighted by molar-refractivity contribution is 6.30. The summed E-state index contributed by atoms with van der Waals surface area (Å²) in [6.07, 6.45) is 2.24. The SMILES string of the molecule is CC(C)=CCc1c(O)cc2oc(C)cc(=O)c2c1O.Cc1cc(O)c2c(c1)C(=O)c1cccc(O)c1C2=O. The lowest BCUT2D eigenvalue weighted by molar-refractivity contribution is 0.0974. The second kappa shape index (κ2) is 9.89. The van der Waals surface area contributed by atoms with Gasteiger partial charge in [0, 0.05) is 28.8 Å². The van der Waals surface area contributed by atoms with Crippen molar-refractivity contribution in [2.24, 2.45) is 0 Å². The van der Waals surface area contributed by atoms with Gasteiger partial charge in [-0.2, -0.15) is 0 Å². The van der Waals surface area contributed by atoms with Gasteiger partial charge in [-0.3, -0.25) is 14.4 Å². The number of ketones is 2. The molecule has 1 aliphatic carbocycles. The minimum atomic E-state index is -0.528. The fourth-order valence-corrected chi connectivity index (χ4v) is 4.38. The smallest absolute Gasteiger partial charge is 0.201 e. The molecule has 4 aromatic rings. The Labute approximate surface area is 217 Å². The summed E-state index contributed by atoms with van der Waals surface area (Å²) in [5.41, 5.74) is 2.25. The average molecular weight is 515 g/mol. The maximum atomic E-state index is 12.3. The number of fused-ring (bicyclic) bond motifs is 3. The van der Waals surface area contributed by atoms with Crippen molar-refractivity contribution < 1.29 is 34.4 Å². The molecule has 0 amide bonds. The first-order valence-electron chi connectivity index (χ1n) is 11.8. The van der Waals surface area contributed by atoms with E-state index >= 15 is 0 Å². The van der Waals surface area contributed by atoms with Crippen LogP contribution in [0.5, 0.6) is 23.0 Å². The van der Waals surface area contributed by atoms with Gasteiger partial charge in [0.2, 0.25) is 5.78 Å². The molecular weight excluding hydrogens is 488 g/mol. The molecule has 0 radical (unpaired) electrons. The number of rotatable bonds is 2. The van der Waals surface area contributed by atoms with E-state index < -0.39 is 5.78 Å². The van der Waals surface area contributed by atoms with Crippen LogP contribution in [0.3, 0.4) is 0 Å². The zero-order valence-corrected chi connectivity index (χ0v) is 21.2. The highest BCUT2D eigenvalue weighted by atomic mass is 16.3. The Hall–Kier alpha value is -4.85. The molecule has 0 saturated heterocycles. The van der Waals surface area contributed by atoms with Crippen LogP contribution < -0.4 is 5.43 Å². The Morgan fingerprint density at radius 1 is 0.816 bits per heavy atom. The minimum Gasteiger partial charge on any atom is -0.507 e. The summed E-state index contributed by atoms with van der Waals surface area (Å²) in [5, 5.41) is 39.9. The van der Waals surface area contributed by atoms with Crippen LogP contribution in [0.1, 0.15) is 62.6 Å². The molecule has 0 atom stereocenters. The van der Waals surface area contributed by atoms with Crippen molar-refractivity contribution in [2.45, 2.75) is 34.1 Å². The molecule has 38 heavy (non-hydrogen) atoms. The molecule has 5 rings (SSSR count). The number of phenolic OH excluding ortho intramolecular Hbond substituents is 4. The number of hydrogen-bond acceptors (Lipinski definition) is 8. The predicted octanol–water partition coefficient (Wildman–Crippen LogP) is 5.20. The van der Waals surface area contributed by atoms with Crippen molar-refractivity contribution in [3.63, 3.8) is 0 Å². The lowest BCUT2D eigenvalue weighted by Gasteiger charge is -2.19. The fraction of sp³-hybridized carbons (Fsp3) is 0.167. The highest BCUT2D eigenvalue weighted by Gasteiger charge is 2.34. The summed E-state index contributed by atoms with van der Waals surface area (Å²) in [7, 11) is 0. The summed E-state index contributed by atoms with van der Waals surface area (Å²) in [6, 6.07) is 10.1. The Morgan fingerprint density at radius 3 is 2.18 bits per heavy atom. The normalized spacial score (nSPS) is 11.9. The maximum Gasteiger partial charge on any atom is 0.201 e. The number of carbonyl (C=O) groups excluding carboxylic acids is 2. The van der Waals surface area contributed by atoms with Crippen LogP contribution >= 0.6 is 0 Å². The molecule has 3 aromatic carbocycles. The summed E-state index contributed by atoms with van der Waals surface area (Å²) in [5.74, 6) is -1.21. The number of aryl methyl sites for hydroxylation is 2. The molecule has 1 aliphatic rings.